The van der Waals surface area contributed by atoms with Crippen LogP contribution in [-0.4, -0.2) is 27.2 Å². The minimum absolute atomic E-state index is 0.385. The molecule has 1 unspecified atom stereocenters. The van der Waals surface area contributed by atoms with Gasteiger partial charge < -0.3 is 15.0 Å². The Hall–Kier alpha value is -1.62. The zero-order valence-electron chi connectivity index (χ0n) is 13.1. The van der Waals surface area contributed by atoms with Crippen LogP contribution in [0.2, 0.25) is 0 Å². The second-order valence-corrected chi connectivity index (χ2v) is 5.99. The molecule has 0 aliphatic carbocycles. The fourth-order valence-electron chi connectivity index (χ4n) is 3.26. The molecule has 0 amide bonds. The van der Waals surface area contributed by atoms with Gasteiger partial charge in [-0.2, -0.15) is 0 Å². The van der Waals surface area contributed by atoms with E-state index in [2.05, 4.69) is 28.4 Å². The van der Waals surface area contributed by atoms with Crippen molar-refractivity contribution in [3.63, 3.8) is 0 Å². The van der Waals surface area contributed by atoms with Crippen molar-refractivity contribution in [1.29, 1.82) is 0 Å². The third-order valence-electron chi connectivity index (χ3n) is 4.56. The standard InChI is InChI=1S/C16H24N4O/c1-10-11(2)20(8-7-13-6-4-5-9-21-13)16-14(10)15(17)18-12(3)19-16/h13H,4-9H2,1-3H3,(H2,17,18,19). The summed E-state index contributed by atoms with van der Waals surface area (Å²) >= 11 is 0. The van der Waals surface area contributed by atoms with Crippen molar-refractivity contribution in [1.82, 2.24) is 14.5 Å². The molecule has 3 rings (SSSR count). The quantitative estimate of drug-likeness (QED) is 0.943. The molecule has 21 heavy (non-hydrogen) atoms. The molecule has 0 aromatic carbocycles. The van der Waals surface area contributed by atoms with Gasteiger partial charge in [-0.25, -0.2) is 9.97 Å². The molecular formula is C16H24N4O. The van der Waals surface area contributed by atoms with Gasteiger partial charge in [0.15, 0.2) is 0 Å². The molecule has 0 radical (unpaired) electrons. The Morgan fingerprint density at radius 3 is 2.76 bits per heavy atom. The summed E-state index contributed by atoms with van der Waals surface area (Å²) in [5.74, 6) is 1.32. The van der Waals surface area contributed by atoms with E-state index < -0.39 is 0 Å². The Balaban J connectivity index is 1.92. The molecule has 2 N–H and O–H groups in total. The molecule has 1 fully saturated rings. The maximum atomic E-state index is 6.09. The number of fused-ring (bicyclic) bond motifs is 1. The summed E-state index contributed by atoms with van der Waals surface area (Å²) in [4.78, 5) is 8.91. The van der Waals surface area contributed by atoms with Gasteiger partial charge in [0.25, 0.3) is 0 Å². The third-order valence-corrected chi connectivity index (χ3v) is 4.56. The lowest BCUT2D eigenvalue weighted by atomic mass is 10.1. The van der Waals surface area contributed by atoms with Crippen LogP contribution in [0.1, 0.15) is 42.8 Å². The predicted molar refractivity (Wildman–Crippen MR) is 84.4 cm³/mol. The lowest BCUT2D eigenvalue weighted by Gasteiger charge is -2.23. The minimum atomic E-state index is 0.385. The summed E-state index contributed by atoms with van der Waals surface area (Å²) in [6.45, 7) is 7.95. The van der Waals surface area contributed by atoms with Gasteiger partial charge in [0.2, 0.25) is 0 Å². The van der Waals surface area contributed by atoms with E-state index in [1.165, 1.54) is 30.5 Å². The number of ether oxygens (including phenoxy) is 1. The van der Waals surface area contributed by atoms with Crippen LogP contribution in [0, 0.1) is 20.8 Å². The number of hydrogen-bond donors (Lipinski definition) is 1. The highest BCUT2D eigenvalue weighted by Crippen LogP contribution is 2.28. The molecule has 1 saturated heterocycles. The first kappa shape index (κ1) is 14.3. The van der Waals surface area contributed by atoms with E-state index in [-0.39, 0.29) is 0 Å². The van der Waals surface area contributed by atoms with Gasteiger partial charge in [0.05, 0.1) is 11.5 Å². The largest absolute Gasteiger partial charge is 0.383 e. The molecule has 5 heteroatoms. The van der Waals surface area contributed by atoms with Crippen LogP contribution in [0.5, 0.6) is 0 Å². The second-order valence-electron chi connectivity index (χ2n) is 5.99. The van der Waals surface area contributed by atoms with Crippen molar-refractivity contribution < 1.29 is 4.74 Å². The minimum Gasteiger partial charge on any atom is -0.383 e. The van der Waals surface area contributed by atoms with Crippen molar-refractivity contribution >= 4 is 16.9 Å². The third kappa shape index (κ3) is 2.62. The van der Waals surface area contributed by atoms with Crippen molar-refractivity contribution in [3.8, 4) is 0 Å². The lowest BCUT2D eigenvalue weighted by Crippen LogP contribution is -2.21. The van der Waals surface area contributed by atoms with E-state index in [9.17, 15) is 0 Å². The maximum absolute atomic E-state index is 6.09. The van der Waals surface area contributed by atoms with Crippen LogP contribution in [0.3, 0.4) is 0 Å². The number of aromatic nitrogens is 3. The first-order valence-electron chi connectivity index (χ1n) is 7.79. The Bertz CT molecular complexity index is 656. The van der Waals surface area contributed by atoms with Gasteiger partial charge in [-0.1, -0.05) is 0 Å². The Morgan fingerprint density at radius 2 is 2.05 bits per heavy atom. The summed E-state index contributed by atoms with van der Waals surface area (Å²) in [7, 11) is 0. The zero-order chi connectivity index (χ0) is 15.0. The lowest BCUT2D eigenvalue weighted by molar-refractivity contribution is 0.00890. The first-order chi connectivity index (χ1) is 10.1. The van der Waals surface area contributed by atoms with E-state index in [4.69, 9.17) is 10.5 Å². The SMILES string of the molecule is Cc1nc(N)c2c(C)c(C)n(CCC3CCCCO3)c2n1. The Morgan fingerprint density at radius 1 is 1.24 bits per heavy atom. The van der Waals surface area contributed by atoms with Crippen molar-refractivity contribution in [3.05, 3.63) is 17.1 Å². The average Bonchev–Trinajstić information content (AvgIpc) is 2.70. The molecule has 0 saturated carbocycles. The van der Waals surface area contributed by atoms with Crippen LogP contribution in [0.15, 0.2) is 0 Å². The van der Waals surface area contributed by atoms with Crippen LogP contribution >= 0.6 is 0 Å². The molecule has 0 bridgehead atoms. The summed E-state index contributed by atoms with van der Waals surface area (Å²) in [6.07, 6.45) is 5.07. The number of nitrogen functional groups attached to an aromatic ring is 1. The van der Waals surface area contributed by atoms with E-state index in [0.29, 0.717) is 11.9 Å². The molecule has 1 atom stereocenters. The molecular weight excluding hydrogens is 264 g/mol. The zero-order valence-corrected chi connectivity index (χ0v) is 13.1. The normalized spacial score (nSPS) is 19.3. The molecule has 5 nitrogen and oxygen atoms in total. The number of nitrogens with two attached hydrogens (primary N) is 1. The van der Waals surface area contributed by atoms with Gasteiger partial charge in [0.1, 0.15) is 17.3 Å². The van der Waals surface area contributed by atoms with Gasteiger partial charge in [-0.05, 0) is 52.0 Å². The van der Waals surface area contributed by atoms with Gasteiger partial charge >= 0.3 is 0 Å². The van der Waals surface area contributed by atoms with Gasteiger partial charge in [0, 0.05) is 18.8 Å². The number of hydrogen-bond acceptors (Lipinski definition) is 4. The molecule has 3 heterocycles. The van der Waals surface area contributed by atoms with Crippen molar-refractivity contribution in [2.24, 2.45) is 0 Å². The predicted octanol–water partition coefficient (Wildman–Crippen LogP) is 2.90. The monoisotopic (exact) mass is 288 g/mol. The van der Waals surface area contributed by atoms with E-state index in [0.717, 1.165) is 36.4 Å². The molecule has 2 aromatic heterocycles. The highest BCUT2D eigenvalue weighted by molar-refractivity contribution is 5.91. The number of nitrogens with zero attached hydrogens (tertiary/aromatic N) is 3. The maximum Gasteiger partial charge on any atom is 0.146 e. The van der Waals surface area contributed by atoms with E-state index >= 15 is 0 Å². The summed E-state index contributed by atoms with van der Waals surface area (Å²) in [5, 5.41) is 1.00. The molecule has 114 valence electrons. The van der Waals surface area contributed by atoms with Crippen LogP contribution in [0.4, 0.5) is 5.82 Å². The summed E-state index contributed by atoms with van der Waals surface area (Å²) in [5.41, 5.74) is 9.47. The fraction of sp³-hybridized carbons (Fsp3) is 0.625. The number of rotatable bonds is 3. The Labute approximate surface area is 125 Å². The van der Waals surface area contributed by atoms with Crippen LogP contribution in [0.25, 0.3) is 11.0 Å². The smallest absolute Gasteiger partial charge is 0.146 e. The molecule has 1 aliphatic rings. The van der Waals surface area contributed by atoms with Gasteiger partial charge in [-0.3, -0.25) is 0 Å². The number of aryl methyl sites for hydroxylation is 3. The fourth-order valence-corrected chi connectivity index (χ4v) is 3.26. The van der Waals surface area contributed by atoms with Crippen molar-refractivity contribution in [2.75, 3.05) is 12.3 Å². The van der Waals surface area contributed by atoms with Crippen LogP contribution < -0.4 is 5.73 Å². The Kier molecular flexibility index (Phi) is 3.85. The molecule has 0 spiro atoms. The topological polar surface area (TPSA) is 66.0 Å². The van der Waals surface area contributed by atoms with Gasteiger partial charge in [-0.15, -0.1) is 0 Å². The van der Waals surface area contributed by atoms with E-state index in [1.807, 2.05) is 6.92 Å². The molecule has 1 aliphatic heterocycles. The summed E-state index contributed by atoms with van der Waals surface area (Å²) < 4.78 is 8.11. The highest BCUT2D eigenvalue weighted by atomic mass is 16.5. The second kappa shape index (κ2) is 5.64. The number of anilines is 1. The summed E-state index contributed by atoms with van der Waals surface area (Å²) in [6, 6.07) is 0. The van der Waals surface area contributed by atoms with Crippen LogP contribution in [-0.2, 0) is 11.3 Å². The van der Waals surface area contributed by atoms with Crippen molar-refractivity contribution in [2.45, 2.75) is 59.1 Å². The average molecular weight is 288 g/mol. The highest BCUT2D eigenvalue weighted by Gasteiger charge is 2.18. The molecule has 2 aromatic rings. The van der Waals surface area contributed by atoms with E-state index in [1.54, 1.807) is 0 Å². The first-order valence-corrected chi connectivity index (χ1v) is 7.79.